The Hall–Kier alpha value is -2.41. The fraction of sp³-hybridized carbons (Fsp3) is 0.0455. The third kappa shape index (κ3) is 4.01. The van der Waals surface area contributed by atoms with E-state index in [0.29, 0.717) is 27.1 Å². The SMILES string of the molecule is O=C(c1ccc(Cl)cc1)c1oc2ccccc2c1CS(=O)(=O)c1ccc(Br)cc1. The summed E-state index contributed by atoms with van der Waals surface area (Å²) in [5.41, 5.74) is 1.19. The van der Waals surface area contributed by atoms with E-state index < -0.39 is 9.84 Å². The molecule has 0 fully saturated rings. The van der Waals surface area contributed by atoms with Gasteiger partial charge in [0.15, 0.2) is 15.6 Å². The van der Waals surface area contributed by atoms with Gasteiger partial charge < -0.3 is 4.42 Å². The van der Waals surface area contributed by atoms with Crippen LogP contribution in [0, 0.1) is 0 Å². The van der Waals surface area contributed by atoms with Crippen molar-refractivity contribution in [3.05, 3.63) is 99.2 Å². The lowest BCUT2D eigenvalue weighted by atomic mass is 10.0. The Morgan fingerprint density at radius 2 is 1.59 bits per heavy atom. The molecule has 0 radical (unpaired) electrons. The highest BCUT2D eigenvalue weighted by molar-refractivity contribution is 9.10. The van der Waals surface area contributed by atoms with Gasteiger partial charge in [0.05, 0.1) is 10.6 Å². The maximum absolute atomic E-state index is 13.1. The van der Waals surface area contributed by atoms with Crippen LogP contribution in [0.15, 0.2) is 86.6 Å². The predicted octanol–water partition coefficient (Wildman–Crippen LogP) is 6.05. The van der Waals surface area contributed by atoms with Crippen molar-refractivity contribution in [1.29, 1.82) is 0 Å². The fourth-order valence-corrected chi connectivity index (χ4v) is 4.85. The summed E-state index contributed by atoms with van der Waals surface area (Å²) in [6.45, 7) is 0. The van der Waals surface area contributed by atoms with Crippen LogP contribution in [0.1, 0.15) is 21.7 Å². The molecule has 0 unspecified atom stereocenters. The number of carbonyl (C=O) groups excluding carboxylic acids is 1. The third-order valence-electron chi connectivity index (χ3n) is 4.52. The van der Waals surface area contributed by atoms with E-state index in [1.807, 2.05) is 0 Å². The third-order valence-corrected chi connectivity index (χ3v) is 6.96. The van der Waals surface area contributed by atoms with Gasteiger partial charge >= 0.3 is 0 Å². The second-order valence-corrected chi connectivity index (χ2v) is 9.80. The van der Waals surface area contributed by atoms with Crippen molar-refractivity contribution in [2.75, 3.05) is 0 Å². The first-order valence-corrected chi connectivity index (χ1v) is 11.5. The molecule has 0 atom stereocenters. The number of carbonyl (C=O) groups is 1. The van der Waals surface area contributed by atoms with Crippen LogP contribution >= 0.6 is 27.5 Å². The van der Waals surface area contributed by atoms with E-state index in [1.54, 1.807) is 60.7 Å². The Bertz CT molecular complexity index is 1310. The van der Waals surface area contributed by atoms with E-state index in [2.05, 4.69) is 15.9 Å². The molecule has 4 rings (SSSR count). The average Bonchev–Trinajstić information content (AvgIpc) is 3.06. The molecular weight excluding hydrogens is 476 g/mol. The number of sulfone groups is 1. The van der Waals surface area contributed by atoms with Crippen LogP contribution in [-0.2, 0) is 15.6 Å². The minimum absolute atomic E-state index is 0.0224. The van der Waals surface area contributed by atoms with Gasteiger partial charge in [-0.1, -0.05) is 45.7 Å². The van der Waals surface area contributed by atoms with Crippen LogP contribution in [0.5, 0.6) is 0 Å². The molecule has 0 saturated carbocycles. The van der Waals surface area contributed by atoms with Gasteiger partial charge in [0.1, 0.15) is 5.58 Å². The molecule has 0 bridgehead atoms. The summed E-state index contributed by atoms with van der Waals surface area (Å²) in [6.07, 6.45) is 0. The van der Waals surface area contributed by atoms with Gasteiger partial charge in [-0.3, -0.25) is 4.79 Å². The summed E-state index contributed by atoms with van der Waals surface area (Å²) in [5.74, 6) is -0.714. The van der Waals surface area contributed by atoms with Crippen LogP contribution in [0.25, 0.3) is 11.0 Å². The van der Waals surface area contributed by atoms with E-state index >= 15 is 0 Å². The Kier molecular flexibility index (Phi) is 5.34. The standard InChI is InChI=1S/C22H14BrClO4S/c23-15-7-11-17(12-8-15)29(26,27)13-19-18-3-1-2-4-20(18)28-22(19)21(25)14-5-9-16(24)10-6-14/h1-12H,13H2. The lowest BCUT2D eigenvalue weighted by molar-refractivity contribution is 0.101. The van der Waals surface area contributed by atoms with Crippen LogP contribution in [0.4, 0.5) is 0 Å². The molecule has 0 aliphatic rings. The van der Waals surface area contributed by atoms with Crippen LogP contribution in [0.3, 0.4) is 0 Å². The molecule has 0 spiro atoms. The number of hydrogen-bond donors (Lipinski definition) is 0. The van der Waals surface area contributed by atoms with Gasteiger partial charge in [-0.05, 0) is 54.6 Å². The zero-order valence-electron chi connectivity index (χ0n) is 14.9. The highest BCUT2D eigenvalue weighted by Crippen LogP contribution is 2.31. The fourth-order valence-electron chi connectivity index (χ4n) is 3.07. The smallest absolute Gasteiger partial charge is 0.228 e. The number of hydrogen-bond acceptors (Lipinski definition) is 4. The number of benzene rings is 3. The summed E-state index contributed by atoms with van der Waals surface area (Å²) in [6, 6.07) is 19.8. The molecule has 4 aromatic rings. The van der Waals surface area contributed by atoms with Crippen LogP contribution in [0.2, 0.25) is 5.02 Å². The number of ketones is 1. The first-order valence-electron chi connectivity index (χ1n) is 8.64. The maximum atomic E-state index is 13.1. The molecule has 0 N–H and O–H groups in total. The molecule has 146 valence electrons. The van der Waals surface area contributed by atoms with Gasteiger partial charge in [-0.25, -0.2) is 8.42 Å². The maximum Gasteiger partial charge on any atom is 0.228 e. The molecule has 0 aliphatic carbocycles. The Morgan fingerprint density at radius 1 is 0.931 bits per heavy atom. The van der Waals surface area contributed by atoms with E-state index in [-0.39, 0.29) is 22.2 Å². The second-order valence-electron chi connectivity index (χ2n) is 6.45. The Morgan fingerprint density at radius 3 is 2.28 bits per heavy atom. The van der Waals surface area contributed by atoms with Crippen molar-refractivity contribution < 1.29 is 17.6 Å². The van der Waals surface area contributed by atoms with E-state index in [4.69, 9.17) is 16.0 Å². The lowest BCUT2D eigenvalue weighted by Crippen LogP contribution is -2.09. The summed E-state index contributed by atoms with van der Waals surface area (Å²) >= 11 is 9.21. The van der Waals surface area contributed by atoms with Crippen LogP contribution < -0.4 is 0 Å². The van der Waals surface area contributed by atoms with Gasteiger partial charge in [0.25, 0.3) is 0 Å². The van der Waals surface area contributed by atoms with Gasteiger partial charge in [0, 0.05) is 26.0 Å². The van der Waals surface area contributed by atoms with E-state index in [1.165, 1.54) is 12.1 Å². The van der Waals surface area contributed by atoms with Gasteiger partial charge in [0.2, 0.25) is 5.78 Å². The van der Waals surface area contributed by atoms with Crippen LogP contribution in [-0.4, -0.2) is 14.2 Å². The Labute approximate surface area is 181 Å². The monoisotopic (exact) mass is 488 g/mol. The number of fused-ring (bicyclic) bond motifs is 1. The Balaban J connectivity index is 1.83. The van der Waals surface area contributed by atoms with E-state index in [9.17, 15) is 13.2 Å². The topological polar surface area (TPSA) is 64.3 Å². The molecule has 1 heterocycles. The summed E-state index contributed by atoms with van der Waals surface area (Å²) in [7, 11) is -3.69. The van der Waals surface area contributed by atoms with Crippen molar-refractivity contribution in [3.63, 3.8) is 0 Å². The second kappa shape index (κ2) is 7.78. The van der Waals surface area contributed by atoms with E-state index in [0.717, 1.165) is 4.47 Å². The van der Waals surface area contributed by atoms with Gasteiger partial charge in [-0.2, -0.15) is 0 Å². The minimum atomic E-state index is -3.69. The van der Waals surface area contributed by atoms with Crippen molar-refractivity contribution in [2.45, 2.75) is 10.6 Å². The summed E-state index contributed by atoms with van der Waals surface area (Å²) in [4.78, 5) is 13.3. The van der Waals surface area contributed by atoms with Crippen molar-refractivity contribution >= 4 is 54.1 Å². The number of furan rings is 1. The number of para-hydroxylation sites is 1. The highest BCUT2D eigenvalue weighted by Gasteiger charge is 2.26. The quantitative estimate of drug-likeness (QED) is 0.320. The molecule has 0 saturated heterocycles. The van der Waals surface area contributed by atoms with Crippen molar-refractivity contribution in [1.82, 2.24) is 0 Å². The minimum Gasteiger partial charge on any atom is -0.452 e. The number of halogens is 2. The zero-order chi connectivity index (χ0) is 20.6. The molecule has 7 heteroatoms. The average molecular weight is 490 g/mol. The molecular formula is C22H14BrClO4S. The number of rotatable bonds is 5. The first-order chi connectivity index (χ1) is 13.8. The molecule has 29 heavy (non-hydrogen) atoms. The molecule has 1 aromatic heterocycles. The van der Waals surface area contributed by atoms with Gasteiger partial charge in [-0.15, -0.1) is 0 Å². The summed E-state index contributed by atoms with van der Waals surface area (Å²) < 4.78 is 32.6. The first kappa shape index (κ1) is 19.9. The largest absolute Gasteiger partial charge is 0.452 e. The predicted molar refractivity (Wildman–Crippen MR) is 116 cm³/mol. The molecule has 0 aliphatic heterocycles. The molecule has 4 nitrogen and oxygen atoms in total. The van der Waals surface area contributed by atoms with Crippen molar-refractivity contribution in [2.24, 2.45) is 0 Å². The summed E-state index contributed by atoms with van der Waals surface area (Å²) in [5, 5.41) is 1.11. The molecule has 0 amide bonds. The lowest BCUT2D eigenvalue weighted by Gasteiger charge is -2.06. The molecule has 3 aromatic carbocycles. The highest BCUT2D eigenvalue weighted by atomic mass is 79.9. The van der Waals surface area contributed by atoms with Crippen molar-refractivity contribution in [3.8, 4) is 0 Å². The zero-order valence-corrected chi connectivity index (χ0v) is 18.1. The normalized spacial score (nSPS) is 11.7.